The zero-order valence-corrected chi connectivity index (χ0v) is 8.95. The fourth-order valence-corrected chi connectivity index (χ4v) is 1.22. The first-order valence-corrected chi connectivity index (χ1v) is 5.56. The molecule has 80 valence electrons. The highest BCUT2D eigenvalue weighted by Crippen LogP contribution is 2.08. The molecule has 0 aliphatic rings. The van der Waals surface area contributed by atoms with Gasteiger partial charge in [0.05, 0.1) is 0 Å². The third kappa shape index (κ3) is 5.20. The van der Waals surface area contributed by atoms with Gasteiger partial charge in [0, 0.05) is 6.04 Å². The topological polar surface area (TPSA) is 77.8 Å². The van der Waals surface area contributed by atoms with Gasteiger partial charge in [0.25, 0.3) is 10.1 Å². The third-order valence-corrected chi connectivity index (χ3v) is 2.98. The van der Waals surface area contributed by atoms with Crippen molar-refractivity contribution in [1.82, 2.24) is 4.90 Å². The lowest BCUT2D eigenvalue weighted by molar-refractivity contribution is 0.200. The second-order valence-electron chi connectivity index (χ2n) is 3.36. The van der Waals surface area contributed by atoms with Crippen molar-refractivity contribution >= 4 is 10.1 Å². The maximum atomic E-state index is 10.4. The van der Waals surface area contributed by atoms with Crippen LogP contribution in [0.3, 0.4) is 0 Å². The van der Waals surface area contributed by atoms with Crippen LogP contribution in [0.25, 0.3) is 0 Å². The van der Waals surface area contributed by atoms with Crippen molar-refractivity contribution in [2.75, 3.05) is 14.1 Å². The van der Waals surface area contributed by atoms with E-state index in [1.54, 1.807) is 0 Å². The predicted molar refractivity (Wildman–Crippen MR) is 49.9 cm³/mol. The van der Waals surface area contributed by atoms with Crippen LogP contribution in [0.5, 0.6) is 0 Å². The molecule has 0 aromatic heterocycles. The first-order valence-electron chi connectivity index (χ1n) is 4.06. The SMILES string of the molecule is CC(CCC(O)S(=O)(=O)O)N(C)C. The lowest BCUT2D eigenvalue weighted by Gasteiger charge is -2.20. The van der Waals surface area contributed by atoms with Crippen molar-refractivity contribution in [1.29, 1.82) is 0 Å². The highest BCUT2D eigenvalue weighted by molar-refractivity contribution is 7.86. The van der Waals surface area contributed by atoms with Crippen LogP contribution >= 0.6 is 0 Å². The molecule has 0 saturated carbocycles. The molecule has 2 N–H and O–H groups in total. The van der Waals surface area contributed by atoms with E-state index in [-0.39, 0.29) is 12.5 Å². The average Bonchev–Trinajstić information content (AvgIpc) is 1.97. The van der Waals surface area contributed by atoms with Crippen LogP contribution in [0.2, 0.25) is 0 Å². The summed E-state index contributed by atoms with van der Waals surface area (Å²) in [5, 5.41) is 8.96. The average molecular weight is 211 g/mol. The van der Waals surface area contributed by atoms with Crippen molar-refractivity contribution in [3.8, 4) is 0 Å². The van der Waals surface area contributed by atoms with Gasteiger partial charge in [0.15, 0.2) is 5.44 Å². The van der Waals surface area contributed by atoms with Gasteiger partial charge in [-0.25, -0.2) is 0 Å². The molecule has 13 heavy (non-hydrogen) atoms. The molecular weight excluding hydrogens is 194 g/mol. The first kappa shape index (κ1) is 12.8. The summed E-state index contributed by atoms with van der Waals surface area (Å²) in [4.78, 5) is 1.91. The summed E-state index contributed by atoms with van der Waals surface area (Å²) in [6.45, 7) is 1.91. The normalized spacial score (nSPS) is 17.4. The number of rotatable bonds is 5. The number of aliphatic hydroxyl groups is 1. The monoisotopic (exact) mass is 211 g/mol. The van der Waals surface area contributed by atoms with Crippen LogP contribution in [-0.2, 0) is 10.1 Å². The Morgan fingerprint density at radius 2 is 1.77 bits per heavy atom. The van der Waals surface area contributed by atoms with Crippen LogP contribution in [0.15, 0.2) is 0 Å². The van der Waals surface area contributed by atoms with Gasteiger partial charge in [0.2, 0.25) is 0 Å². The molecule has 0 amide bonds. The van der Waals surface area contributed by atoms with Gasteiger partial charge in [0.1, 0.15) is 0 Å². The second kappa shape index (κ2) is 4.90. The van der Waals surface area contributed by atoms with E-state index >= 15 is 0 Å². The summed E-state index contributed by atoms with van der Waals surface area (Å²) in [7, 11) is -0.556. The molecule has 2 unspecified atom stereocenters. The molecule has 0 aromatic carbocycles. The quantitative estimate of drug-likeness (QED) is 0.622. The third-order valence-electron chi connectivity index (χ3n) is 2.06. The molecule has 0 bridgehead atoms. The van der Waals surface area contributed by atoms with Gasteiger partial charge in [-0.15, -0.1) is 0 Å². The van der Waals surface area contributed by atoms with E-state index in [2.05, 4.69) is 0 Å². The smallest absolute Gasteiger partial charge is 0.291 e. The van der Waals surface area contributed by atoms with Gasteiger partial charge < -0.3 is 10.0 Å². The Labute approximate surface area is 79.1 Å². The van der Waals surface area contributed by atoms with Gasteiger partial charge in [-0.3, -0.25) is 4.55 Å². The summed E-state index contributed by atoms with van der Waals surface area (Å²) in [5.74, 6) is 0. The molecule has 0 spiro atoms. The van der Waals surface area contributed by atoms with Crippen molar-refractivity contribution < 1.29 is 18.1 Å². The minimum absolute atomic E-state index is 0.0537. The molecule has 5 nitrogen and oxygen atoms in total. The van der Waals surface area contributed by atoms with Gasteiger partial charge in [-0.2, -0.15) is 8.42 Å². The van der Waals surface area contributed by atoms with Crippen LogP contribution < -0.4 is 0 Å². The van der Waals surface area contributed by atoms with Crippen molar-refractivity contribution in [2.45, 2.75) is 31.2 Å². The van der Waals surface area contributed by atoms with Crippen LogP contribution in [-0.4, -0.2) is 48.6 Å². The molecule has 0 fully saturated rings. The van der Waals surface area contributed by atoms with Crippen molar-refractivity contribution in [3.63, 3.8) is 0 Å². The molecule has 0 aromatic rings. The summed E-state index contributed by atoms with van der Waals surface area (Å²) >= 11 is 0. The summed E-state index contributed by atoms with van der Waals surface area (Å²) in [6, 6.07) is 0.177. The zero-order valence-electron chi connectivity index (χ0n) is 8.14. The maximum Gasteiger partial charge on any atom is 0.291 e. The molecule has 0 aliphatic carbocycles. The van der Waals surface area contributed by atoms with E-state index < -0.39 is 15.6 Å². The minimum atomic E-state index is -4.29. The second-order valence-corrected chi connectivity index (χ2v) is 4.93. The van der Waals surface area contributed by atoms with E-state index in [0.717, 1.165) is 0 Å². The van der Waals surface area contributed by atoms with E-state index in [4.69, 9.17) is 9.66 Å². The standard InChI is InChI=1S/C7H17NO4S/c1-6(8(2)3)4-5-7(9)13(10,11)12/h6-7,9H,4-5H2,1-3H3,(H,10,11,12). The van der Waals surface area contributed by atoms with Gasteiger partial charge in [-0.1, -0.05) is 0 Å². The lowest BCUT2D eigenvalue weighted by atomic mass is 10.2. The Hall–Kier alpha value is -0.170. The maximum absolute atomic E-state index is 10.4. The molecule has 0 heterocycles. The van der Waals surface area contributed by atoms with E-state index in [0.29, 0.717) is 6.42 Å². The summed E-state index contributed by atoms with van der Waals surface area (Å²) in [5.41, 5.74) is -1.66. The Morgan fingerprint density at radius 1 is 1.31 bits per heavy atom. The zero-order chi connectivity index (χ0) is 10.6. The molecule has 0 radical (unpaired) electrons. The van der Waals surface area contributed by atoms with Crippen LogP contribution in [0.1, 0.15) is 19.8 Å². The highest BCUT2D eigenvalue weighted by atomic mass is 32.2. The molecule has 0 aliphatic heterocycles. The highest BCUT2D eigenvalue weighted by Gasteiger charge is 2.20. The van der Waals surface area contributed by atoms with Gasteiger partial charge in [-0.05, 0) is 33.9 Å². The molecular formula is C7H17NO4S. The fourth-order valence-electron chi connectivity index (χ4n) is 0.791. The van der Waals surface area contributed by atoms with E-state index in [1.807, 2.05) is 25.9 Å². The predicted octanol–water partition coefficient (Wildman–Crippen LogP) is -0.0771. The van der Waals surface area contributed by atoms with Crippen molar-refractivity contribution in [3.05, 3.63) is 0 Å². The van der Waals surface area contributed by atoms with Gasteiger partial charge >= 0.3 is 0 Å². The van der Waals surface area contributed by atoms with E-state index in [9.17, 15) is 8.42 Å². The Balaban J connectivity index is 3.91. The minimum Gasteiger partial charge on any atom is -0.375 e. The summed E-state index contributed by atoms with van der Waals surface area (Å²) < 4.78 is 29.3. The number of hydrogen-bond donors (Lipinski definition) is 2. The lowest BCUT2D eigenvalue weighted by Crippen LogP contribution is -2.28. The van der Waals surface area contributed by atoms with E-state index in [1.165, 1.54) is 0 Å². The molecule has 0 saturated heterocycles. The Bertz CT molecular complexity index is 237. The fraction of sp³-hybridized carbons (Fsp3) is 1.00. The Kier molecular flexibility index (Phi) is 4.83. The van der Waals surface area contributed by atoms with Crippen molar-refractivity contribution in [2.24, 2.45) is 0 Å². The van der Waals surface area contributed by atoms with Crippen LogP contribution in [0.4, 0.5) is 0 Å². The summed E-state index contributed by atoms with van der Waals surface area (Å²) in [6.07, 6.45) is 0.576. The largest absolute Gasteiger partial charge is 0.375 e. The molecule has 0 rings (SSSR count). The number of hydrogen-bond acceptors (Lipinski definition) is 4. The Morgan fingerprint density at radius 3 is 2.08 bits per heavy atom. The van der Waals surface area contributed by atoms with Crippen LogP contribution in [0, 0.1) is 0 Å². The number of aliphatic hydroxyl groups excluding tert-OH is 1. The molecule has 2 atom stereocenters. The first-order chi connectivity index (χ1) is 5.75. The molecule has 6 heteroatoms. The number of nitrogens with zero attached hydrogens (tertiary/aromatic N) is 1.